The molecule has 15 heavy (non-hydrogen) atoms. The Morgan fingerprint density at radius 3 is 2.73 bits per heavy atom. The third-order valence-electron chi connectivity index (χ3n) is 3.75. The summed E-state index contributed by atoms with van der Waals surface area (Å²) in [6.07, 6.45) is 7.71. The van der Waals surface area contributed by atoms with Gasteiger partial charge in [-0.1, -0.05) is 13.8 Å². The van der Waals surface area contributed by atoms with Crippen molar-refractivity contribution < 1.29 is 0 Å². The molecule has 1 heterocycles. The molecule has 1 aliphatic rings. The van der Waals surface area contributed by atoms with Gasteiger partial charge in [-0.3, -0.25) is 0 Å². The molecule has 1 saturated carbocycles. The molecule has 3 unspecified atom stereocenters. The lowest BCUT2D eigenvalue weighted by molar-refractivity contribution is 0.260. The van der Waals surface area contributed by atoms with Crippen LogP contribution in [0, 0.1) is 11.8 Å². The minimum Gasteiger partial charge on any atom is -0.353 e. The number of aromatic nitrogens is 2. The largest absolute Gasteiger partial charge is 0.353 e. The van der Waals surface area contributed by atoms with E-state index in [-0.39, 0.29) is 0 Å². The Morgan fingerprint density at radius 2 is 2.13 bits per heavy atom. The van der Waals surface area contributed by atoms with Crippen molar-refractivity contribution in [3.05, 3.63) is 12.4 Å². The maximum atomic E-state index is 4.31. The lowest BCUT2D eigenvalue weighted by Crippen LogP contribution is -2.31. The number of aryl methyl sites for hydroxylation is 1. The molecule has 2 rings (SSSR count). The Kier molecular flexibility index (Phi) is 2.98. The van der Waals surface area contributed by atoms with Crippen LogP contribution in [0.2, 0.25) is 0 Å². The molecular formula is C12H21N3. The molecule has 0 aromatic carbocycles. The highest BCUT2D eigenvalue weighted by atomic mass is 15.2. The van der Waals surface area contributed by atoms with E-state index in [1.165, 1.54) is 19.3 Å². The first-order valence-electron chi connectivity index (χ1n) is 5.90. The minimum atomic E-state index is 0.609. The highest BCUT2D eigenvalue weighted by Crippen LogP contribution is 2.30. The quantitative estimate of drug-likeness (QED) is 0.808. The summed E-state index contributed by atoms with van der Waals surface area (Å²) in [6, 6.07) is 0.609. The molecule has 0 amide bonds. The first kappa shape index (κ1) is 10.5. The van der Waals surface area contributed by atoms with Gasteiger partial charge in [0, 0.05) is 25.5 Å². The number of nitrogens with zero attached hydrogens (tertiary/aromatic N) is 2. The molecule has 3 heteroatoms. The van der Waals surface area contributed by atoms with Crippen LogP contribution in [0.3, 0.4) is 0 Å². The van der Waals surface area contributed by atoms with E-state index in [4.69, 9.17) is 0 Å². The smallest absolute Gasteiger partial charge is 0.202 e. The van der Waals surface area contributed by atoms with Gasteiger partial charge < -0.3 is 9.88 Å². The number of hydrogen-bond donors (Lipinski definition) is 1. The van der Waals surface area contributed by atoms with Gasteiger partial charge in [-0.2, -0.15) is 0 Å². The van der Waals surface area contributed by atoms with Crippen LogP contribution in [-0.4, -0.2) is 15.6 Å². The van der Waals surface area contributed by atoms with Crippen molar-refractivity contribution >= 4 is 5.95 Å². The van der Waals surface area contributed by atoms with Crippen LogP contribution in [-0.2, 0) is 7.05 Å². The fourth-order valence-electron chi connectivity index (χ4n) is 2.37. The molecule has 1 fully saturated rings. The summed E-state index contributed by atoms with van der Waals surface area (Å²) in [5.41, 5.74) is 0. The summed E-state index contributed by atoms with van der Waals surface area (Å²) < 4.78 is 2.04. The zero-order valence-corrected chi connectivity index (χ0v) is 9.90. The predicted molar refractivity (Wildman–Crippen MR) is 62.8 cm³/mol. The normalized spacial score (nSPS) is 31.5. The maximum Gasteiger partial charge on any atom is 0.202 e. The zero-order chi connectivity index (χ0) is 10.8. The lowest BCUT2D eigenvalue weighted by Gasteiger charge is -2.32. The first-order chi connectivity index (χ1) is 7.16. The molecule has 0 spiro atoms. The summed E-state index contributed by atoms with van der Waals surface area (Å²) in [6.45, 7) is 4.72. The van der Waals surface area contributed by atoms with Crippen LogP contribution in [0.5, 0.6) is 0 Å². The van der Waals surface area contributed by atoms with Crippen molar-refractivity contribution in [2.24, 2.45) is 18.9 Å². The second-order valence-electron chi connectivity index (χ2n) is 4.97. The van der Waals surface area contributed by atoms with E-state index in [0.29, 0.717) is 6.04 Å². The van der Waals surface area contributed by atoms with Gasteiger partial charge >= 0.3 is 0 Å². The van der Waals surface area contributed by atoms with Gasteiger partial charge in [0.1, 0.15) is 0 Å². The summed E-state index contributed by atoms with van der Waals surface area (Å²) in [4.78, 5) is 4.31. The number of imidazole rings is 1. The average molecular weight is 207 g/mol. The van der Waals surface area contributed by atoms with Gasteiger partial charge in [0.2, 0.25) is 5.95 Å². The number of hydrogen-bond acceptors (Lipinski definition) is 2. The highest BCUT2D eigenvalue weighted by Gasteiger charge is 2.24. The molecule has 0 radical (unpaired) electrons. The molecular weight excluding hydrogens is 186 g/mol. The number of rotatable bonds is 2. The van der Waals surface area contributed by atoms with Crippen molar-refractivity contribution in [1.29, 1.82) is 0 Å². The van der Waals surface area contributed by atoms with Crippen molar-refractivity contribution in [2.45, 2.75) is 39.2 Å². The van der Waals surface area contributed by atoms with Crippen molar-refractivity contribution in [3.63, 3.8) is 0 Å². The van der Waals surface area contributed by atoms with Crippen LogP contribution in [0.25, 0.3) is 0 Å². The zero-order valence-electron chi connectivity index (χ0n) is 9.90. The van der Waals surface area contributed by atoms with Gasteiger partial charge in [0.25, 0.3) is 0 Å². The molecule has 1 aromatic rings. The minimum absolute atomic E-state index is 0.609. The fourth-order valence-corrected chi connectivity index (χ4v) is 2.37. The van der Waals surface area contributed by atoms with E-state index < -0.39 is 0 Å². The molecule has 0 aliphatic heterocycles. The van der Waals surface area contributed by atoms with Crippen molar-refractivity contribution in [2.75, 3.05) is 5.32 Å². The van der Waals surface area contributed by atoms with Gasteiger partial charge in [-0.05, 0) is 31.1 Å². The monoisotopic (exact) mass is 207 g/mol. The van der Waals surface area contributed by atoms with E-state index in [1.807, 2.05) is 24.0 Å². The van der Waals surface area contributed by atoms with E-state index >= 15 is 0 Å². The van der Waals surface area contributed by atoms with Crippen LogP contribution in [0.1, 0.15) is 33.1 Å². The van der Waals surface area contributed by atoms with E-state index in [2.05, 4.69) is 24.1 Å². The van der Waals surface area contributed by atoms with Gasteiger partial charge in [0.05, 0.1) is 0 Å². The van der Waals surface area contributed by atoms with Crippen molar-refractivity contribution in [3.8, 4) is 0 Å². The topological polar surface area (TPSA) is 29.9 Å². The Morgan fingerprint density at radius 1 is 1.33 bits per heavy atom. The van der Waals surface area contributed by atoms with E-state index in [0.717, 1.165) is 17.8 Å². The van der Waals surface area contributed by atoms with Gasteiger partial charge in [-0.15, -0.1) is 0 Å². The van der Waals surface area contributed by atoms with Crippen LogP contribution >= 0.6 is 0 Å². The third-order valence-corrected chi connectivity index (χ3v) is 3.75. The first-order valence-corrected chi connectivity index (χ1v) is 5.90. The average Bonchev–Trinajstić information content (AvgIpc) is 2.59. The second kappa shape index (κ2) is 4.25. The van der Waals surface area contributed by atoms with Crippen molar-refractivity contribution in [1.82, 2.24) is 9.55 Å². The lowest BCUT2D eigenvalue weighted by atomic mass is 9.79. The van der Waals surface area contributed by atoms with Crippen LogP contribution in [0.4, 0.5) is 5.95 Å². The standard InChI is InChI=1S/C12H21N3/c1-9-4-5-11(8-10(9)2)14-12-13-6-7-15(12)3/h6-7,9-11H,4-5,8H2,1-3H3,(H,13,14). The Hall–Kier alpha value is -0.990. The highest BCUT2D eigenvalue weighted by molar-refractivity contribution is 5.27. The Bertz CT molecular complexity index is 318. The van der Waals surface area contributed by atoms with E-state index in [9.17, 15) is 0 Å². The van der Waals surface area contributed by atoms with Crippen LogP contribution < -0.4 is 5.32 Å². The number of anilines is 1. The molecule has 3 nitrogen and oxygen atoms in total. The maximum absolute atomic E-state index is 4.31. The molecule has 0 bridgehead atoms. The molecule has 1 N–H and O–H groups in total. The van der Waals surface area contributed by atoms with Gasteiger partial charge in [-0.25, -0.2) is 4.98 Å². The molecule has 3 atom stereocenters. The predicted octanol–water partition coefficient (Wildman–Crippen LogP) is 2.66. The van der Waals surface area contributed by atoms with Gasteiger partial charge in [0.15, 0.2) is 0 Å². The SMILES string of the molecule is CC1CCC(Nc2nccn2C)CC1C. The molecule has 1 aliphatic carbocycles. The molecule has 84 valence electrons. The third kappa shape index (κ3) is 2.33. The molecule has 0 saturated heterocycles. The second-order valence-corrected chi connectivity index (χ2v) is 4.97. The summed E-state index contributed by atoms with van der Waals surface area (Å²) >= 11 is 0. The van der Waals surface area contributed by atoms with E-state index in [1.54, 1.807) is 0 Å². The summed E-state index contributed by atoms with van der Waals surface area (Å²) in [5, 5.41) is 3.53. The van der Waals surface area contributed by atoms with Crippen LogP contribution in [0.15, 0.2) is 12.4 Å². The Balaban J connectivity index is 1.94. The Labute approximate surface area is 91.9 Å². The summed E-state index contributed by atoms with van der Waals surface area (Å²) in [5.74, 6) is 2.71. The fraction of sp³-hybridized carbons (Fsp3) is 0.750. The molecule has 1 aromatic heterocycles. The number of nitrogens with one attached hydrogen (secondary N) is 1. The summed E-state index contributed by atoms with van der Waals surface area (Å²) in [7, 11) is 2.03.